The Morgan fingerprint density at radius 2 is 2.31 bits per heavy atom. The van der Waals surface area contributed by atoms with Crippen molar-refractivity contribution in [3.63, 3.8) is 0 Å². The molecular weight excluding hydrogens is 232 g/mol. The molecule has 0 aliphatic rings. The molecule has 0 unspecified atom stereocenters. The maximum absolute atomic E-state index is 11.4. The van der Waals surface area contributed by atoms with Gasteiger partial charge >= 0.3 is 0 Å². The molecule has 0 bridgehead atoms. The second-order valence-corrected chi connectivity index (χ2v) is 3.59. The van der Waals surface area contributed by atoms with Crippen molar-refractivity contribution in [1.29, 1.82) is 0 Å². The Morgan fingerprint density at radius 3 is 3.08 bits per heavy atom. The number of nitrogens with one attached hydrogen (secondary N) is 1. The first-order chi connectivity index (χ1) is 6.20. The van der Waals surface area contributed by atoms with Gasteiger partial charge in [-0.15, -0.1) is 0 Å². The fourth-order valence-corrected chi connectivity index (χ4v) is 1.67. The summed E-state index contributed by atoms with van der Waals surface area (Å²) in [5.41, 5.74) is 1.15. The number of fused-ring (bicyclic) bond motifs is 1. The average Bonchev–Trinajstić information content (AvgIpc) is 2.15. The first kappa shape index (κ1) is 8.44. The molecule has 0 saturated carbocycles. The fraction of sp³-hybridized carbons (Fsp3) is 0.111. The molecule has 2 heterocycles. The van der Waals surface area contributed by atoms with E-state index >= 15 is 0 Å². The van der Waals surface area contributed by atoms with E-state index in [0.717, 1.165) is 15.6 Å². The van der Waals surface area contributed by atoms with Crippen LogP contribution in [-0.2, 0) is 0 Å². The molecule has 0 atom stereocenters. The molecule has 0 fully saturated rings. The predicted octanol–water partition coefficient (Wildman–Crippen LogP) is 1.99. The number of hydrogen-bond acceptors (Lipinski definition) is 2. The van der Waals surface area contributed by atoms with Crippen molar-refractivity contribution >= 4 is 26.8 Å². The van der Waals surface area contributed by atoms with Crippen LogP contribution >= 0.6 is 15.9 Å². The summed E-state index contributed by atoms with van der Waals surface area (Å²) in [6.45, 7) is 1.85. The number of hydrogen-bond donors (Lipinski definition) is 1. The van der Waals surface area contributed by atoms with Crippen LogP contribution in [0.5, 0.6) is 0 Å². The SMILES string of the molecule is Cc1[nH]c(=O)c2ncccc2c1Br. The summed E-state index contributed by atoms with van der Waals surface area (Å²) in [6, 6.07) is 3.68. The monoisotopic (exact) mass is 238 g/mol. The van der Waals surface area contributed by atoms with E-state index < -0.39 is 0 Å². The van der Waals surface area contributed by atoms with Gasteiger partial charge in [-0.3, -0.25) is 9.78 Å². The van der Waals surface area contributed by atoms with Gasteiger partial charge in [-0.2, -0.15) is 0 Å². The molecule has 0 amide bonds. The molecule has 0 aliphatic carbocycles. The van der Waals surface area contributed by atoms with Gasteiger partial charge in [0.25, 0.3) is 5.56 Å². The number of H-pyrrole nitrogens is 1. The normalized spacial score (nSPS) is 10.6. The molecule has 0 aliphatic heterocycles. The number of nitrogens with zero attached hydrogens (tertiary/aromatic N) is 1. The largest absolute Gasteiger partial charge is 0.323 e. The molecule has 2 rings (SSSR count). The number of pyridine rings is 2. The van der Waals surface area contributed by atoms with Crippen molar-refractivity contribution in [2.45, 2.75) is 6.92 Å². The van der Waals surface area contributed by atoms with Crippen LogP contribution in [0, 0.1) is 6.92 Å². The summed E-state index contributed by atoms with van der Waals surface area (Å²) >= 11 is 3.40. The Morgan fingerprint density at radius 1 is 1.54 bits per heavy atom. The van der Waals surface area contributed by atoms with E-state index in [1.54, 1.807) is 6.20 Å². The summed E-state index contributed by atoms with van der Waals surface area (Å²) in [6.07, 6.45) is 1.61. The second kappa shape index (κ2) is 2.96. The fourth-order valence-electron chi connectivity index (χ4n) is 1.25. The van der Waals surface area contributed by atoms with Crippen LogP contribution in [0.25, 0.3) is 10.9 Å². The van der Waals surface area contributed by atoms with Crippen LogP contribution in [0.2, 0.25) is 0 Å². The van der Waals surface area contributed by atoms with Gasteiger partial charge in [0.15, 0.2) is 0 Å². The van der Waals surface area contributed by atoms with E-state index in [0.29, 0.717) is 5.52 Å². The highest BCUT2D eigenvalue weighted by Crippen LogP contribution is 2.21. The zero-order valence-electron chi connectivity index (χ0n) is 6.97. The topological polar surface area (TPSA) is 45.8 Å². The van der Waals surface area contributed by atoms with Crippen LogP contribution < -0.4 is 5.56 Å². The van der Waals surface area contributed by atoms with E-state index in [4.69, 9.17) is 0 Å². The molecular formula is C9H7BrN2O. The maximum Gasteiger partial charge on any atom is 0.274 e. The van der Waals surface area contributed by atoms with Crippen molar-refractivity contribution in [3.05, 3.63) is 38.9 Å². The Bertz CT molecular complexity index is 518. The number of aryl methyl sites for hydroxylation is 1. The van der Waals surface area contributed by atoms with E-state index in [-0.39, 0.29) is 5.56 Å². The highest BCUT2D eigenvalue weighted by atomic mass is 79.9. The molecule has 0 radical (unpaired) electrons. The Labute approximate surface area is 82.9 Å². The molecule has 4 heteroatoms. The molecule has 0 spiro atoms. The van der Waals surface area contributed by atoms with Crippen molar-refractivity contribution in [2.75, 3.05) is 0 Å². The molecule has 2 aromatic heterocycles. The number of aromatic nitrogens is 2. The van der Waals surface area contributed by atoms with Crippen LogP contribution in [0.3, 0.4) is 0 Å². The maximum atomic E-state index is 11.4. The van der Waals surface area contributed by atoms with Gasteiger partial charge in [0.1, 0.15) is 5.52 Å². The van der Waals surface area contributed by atoms with Gasteiger partial charge in [0.05, 0.1) is 0 Å². The first-order valence-corrected chi connectivity index (χ1v) is 4.62. The lowest BCUT2D eigenvalue weighted by Gasteiger charge is -2.01. The predicted molar refractivity (Wildman–Crippen MR) is 54.8 cm³/mol. The lowest BCUT2D eigenvalue weighted by molar-refractivity contribution is 1.14. The summed E-state index contributed by atoms with van der Waals surface area (Å²) in [5.74, 6) is 0. The summed E-state index contributed by atoms with van der Waals surface area (Å²) in [7, 11) is 0. The minimum Gasteiger partial charge on any atom is -0.323 e. The molecule has 3 nitrogen and oxygen atoms in total. The zero-order chi connectivity index (χ0) is 9.42. The molecule has 66 valence electrons. The van der Waals surface area contributed by atoms with Crippen molar-refractivity contribution in [3.8, 4) is 0 Å². The quantitative estimate of drug-likeness (QED) is 0.764. The van der Waals surface area contributed by atoms with Gasteiger partial charge in [-0.25, -0.2) is 0 Å². The summed E-state index contributed by atoms with van der Waals surface area (Å²) < 4.78 is 0.898. The standard InChI is InChI=1S/C9H7BrN2O/c1-5-7(10)6-3-2-4-11-8(6)9(13)12-5/h2-4H,1H3,(H,12,13). The van der Waals surface area contributed by atoms with E-state index in [1.807, 2.05) is 19.1 Å². The van der Waals surface area contributed by atoms with Crippen molar-refractivity contribution < 1.29 is 0 Å². The van der Waals surface area contributed by atoms with Crippen LogP contribution in [0.1, 0.15) is 5.69 Å². The average molecular weight is 239 g/mol. The first-order valence-electron chi connectivity index (χ1n) is 3.83. The zero-order valence-corrected chi connectivity index (χ0v) is 8.55. The number of halogens is 1. The second-order valence-electron chi connectivity index (χ2n) is 2.79. The highest BCUT2D eigenvalue weighted by Gasteiger charge is 2.05. The molecule has 0 aromatic carbocycles. The molecule has 0 saturated heterocycles. The number of aromatic amines is 1. The Kier molecular flexibility index (Phi) is 1.92. The van der Waals surface area contributed by atoms with E-state index in [2.05, 4.69) is 25.9 Å². The van der Waals surface area contributed by atoms with Gasteiger partial charge in [-0.1, -0.05) is 0 Å². The van der Waals surface area contributed by atoms with E-state index in [1.165, 1.54) is 0 Å². The van der Waals surface area contributed by atoms with Gasteiger partial charge in [0.2, 0.25) is 0 Å². The third-order valence-corrected chi connectivity index (χ3v) is 2.91. The minimum absolute atomic E-state index is 0.142. The van der Waals surface area contributed by atoms with Crippen LogP contribution in [0.4, 0.5) is 0 Å². The van der Waals surface area contributed by atoms with Crippen molar-refractivity contribution in [2.24, 2.45) is 0 Å². The lowest BCUT2D eigenvalue weighted by atomic mass is 10.2. The summed E-state index contributed by atoms with van der Waals surface area (Å²) in [4.78, 5) is 18.1. The highest BCUT2D eigenvalue weighted by molar-refractivity contribution is 9.10. The molecule has 2 aromatic rings. The van der Waals surface area contributed by atoms with Gasteiger partial charge in [-0.05, 0) is 35.0 Å². The number of rotatable bonds is 0. The van der Waals surface area contributed by atoms with Gasteiger partial charge < -0.3 is 4.98 Å². The van der Waals surface area contributed by atoms with Crippen molar-refractivity contribution in [1.82, 2.24) is 9.97 Å². The Hall–Kier alpha value is -1.16. The minimum atomic E-state index is -0.142. The van der Waals surface area contributed by atoms with Crippen LogP contribution in [-0.4, -0.2) is 9.97 Å². The lowest BCUT2D eigenvalue weighted by Crippen LogP contribution is -2.09. The Balaban J connectivity index is 3.06. The molecule has 13 heavy (non-hydrogen) atoms. The summed E-state index contributed by atoms with van der Waals surface area (Å²) in [5, 5.41) is 0.851. The third kappa shape index (κ3) is 1.27. The van der Waals surface area contributed by atoms with Gasteiger partial charge in [0, 0.05) is 21.7 Å². The van der Waals surface area contributed by atoms with E-state index in [9.17, 15) is 4.79 Å². The van der Waals surface area contributed by atoms with Crippen LogP contribution in [0.15, 0.2) is 27.6 Å². The third-order valence-electron chi connectivity index (χ3n) is 1.89. The molecule has 1 N–H and O–H groups in total. The smallest absolute Gasteiger partial charge is 0.274 e.